The van der Waals surface area contributed by atoms with Gasteiger partial charge in [-0.25, -0.2) is 8.42 Å². The van der Waals surface area contributed by atoms with Gasteiger partial charge in [0.15, 0.2) is 4.90 Å². The van der Waals surface area contributed by atoms with E-state index in [9.17, 15) is 18.5 Å². The standard InChI is InChI=1S/C12H10N2O4S/c13-10-7-4-8-11(12(10)14(15)16)19(17,18)9-5-2-1-3-6-9/h1-8H,13H2. The van der Waals surface area contributed by atoms with Crippen LogP contribution < -0.4 is 5.73 Å². The molecule has 2 aromatic rings. The van der Waals surface area contributed by atoms with Crippen LogP contribution >= 0.6 is 0 Å². The summed E-state index contributed by atoms with van der Waals surface area (Å²) in [6.45, 7) is 0. The zero-order valence-electron chi connectivity index (χ0n) is 9.68. The fourth-order valence-electron chi connectivity index (χ4n) is 1.68. The molecule has 0 unspecified atom stereocenters. The van der Waals surface area contributed by atoms with Gasteiger partial charge in [-0.2, -0.15) is 0 Å². The predicted molar refractivity (Wildman–Crippen MR) is 69.4 cm³/mol. The zero-order chi connectivity index (χ0) is 14.0. The average molecular weight is 278 g/mol. The quantitative estimate of drug-likeness (QED) is 0.525. The summed E-state index contributed by atoms with van der Waals surface area (Å²) in [7, 11) is -3.96. The number of anilines is 1. The first-order valence-electron chi connectivity index (χ1n) is 5.27. The largest absolute Gasteiger partial charge is 0.393 e. The van der Waals surface area contributed by atoms with Gasteiger partial charge in [0, 0.05) is 0 Å². The maximum atomic E-state index is 12.4. The molecule has 7 heteroatoms. The van der Waals surface area contributed by atoms with E-state index in [2.05, 4.69) is 0 Å². The highest BCUT2D eigenvalue weighted by Gasteiger charge is 2.29. The third-order valence-electron chi connectivity index (χ3n) is 2.56. The van der Waals surface area contributed by atoms with Crippen LogP contribution in [0.2, 0.25) is 0 Å². The molecule has 0 amide bonds. The first kappa shape index (κ1) is 13.0. The lowest BCUT2D eigenvalue weighted by atomic mass is 10.3. The number of hydrogen-bond donors (Lipinski definition) is 1. The van der Waals surface area contributed by atoms with Gasteiger partial charge < -0.3 is 5.73 Å². The Morgan fingerprint density at radius 2 is 1.63 bits per heavy atom. The van der Waals surface area contributed by atoms with Gasteiger partial charge in [0.1, 0.15) is 5.69 Å². The lowest BCUT2D eigenvalue weighted by molar-refractivity contribution is -0.386. The molecule has 0 aliphatic rings. The Bertz CT molecular complexity index is 727. The molecule has 0 fully saturated rings. The van der Waals surface area contributed by atoms with E-state index >= 15 is 0 Å². The highest BCUT2D eigenvalue weighted by atomic mass is 32.2. The van der Waals surface area contributed by atoms with Crippen LogP contribution in [0.4, 0.5) is 11.4 Å². The van der Waals surface area contributed by atoms with E-state index in [1.165, 1.54) is 30.3 Å². The molecule has 0 bridgehead atoms. The molecule has 0 saturated carbocycles. The molecule has 2 N–H and O–H groups in total. The molecule has 98 valence electrons. The summed E-state index contributed by atoms with van der Waals surface area (Å²) in [6, 6.07) is 11.4. The monoisotopic (exact) mass is 278 g/mol. The molecule has 0 saturated heterocycles. The summed E-state index contributed by atoms with van der Waals surface area (Å²) in [5, 5.41) is 11.0. The summed E-state index contributed by atoms with van der Waals surface area (Å²) in [4.78, 5) is 9.79. The Kier molecular flexibility index (Phi) is 3.22. The van der Waals surface area contributed by atoms with Crippen LogP contribution in [-0.2, 0) is 9.84 Å². The van der Waals surface area contributed by atoms with Crippen molar-refractivity contribution in [3.05, 3.63) is 58.6 Å². The molecule has 0 spiro atoms. The summed E-state index contributed by atoms with van der Waals surface area (Å²) >= 11 is 0. The molecule has 0 atom stereocenters. The van der Waals surface area contributed by atoms with Crippen molar-refractivity contribution in [1.82, 2.24) is 0 Å². The van der Waals surface area contributed by atoms with Gasteiger partial charge in [-0.1, -0.05) is 24.3 Å². The van der Waals surface area contributed by atoms with E-state index in [1.807, 2.05) is 0 Å². The lowest BCUT2D eigenvalue weighted by Gasteiger charge is -2.06. The minimum atomic E-state index is -3.96. The Balaban J connectivity index is 2.73. The van der Waals surface area contributed by atoms with Crippen molar-refractivity contribution in [3.63, 3.8) is 0 Å². The number of sulfone groups is 1. The van der Waals surface area contributed by atoms with Gasteiger partial charge in [-0.05, 0) is 24.3 Å². The number of para-hydroxylation sites is 1. The van der Waals surface area contributed by atoms with Crippen molar-refractivity contribution in [2.45, 2.75) is 9.79 Å². The molecule has 2 aromatic carbocycles. The Labute approximate surface area is 109 Å². The van der Waals surface area contributed by atoms with E-state index in [0.717, 1.165) is 0 Å². The van der Waals surface area contributed by atoms with E-state index in [4.69, 9.17) is 5.73 Å². The van der Waals surface area contributed by atoms with Crippen LogP contribution in [0.3, 0.4) is 0 Å². The first-order valence-corrected chi connectivity index (χ1v) is 6.76. The third-order valence-corrected chi connectivity index (χ3v) is 4.36. The van der Waals surface area contributed by atoms with Gasteiger partial charge >= 0.3 is 5.69 Å². The summed E-state index contributed by atoms with van der Waals surface area (Å²) < 4.78 is 24.7. The maximum absolute atomic E-state index is 12.4. The first-order chi connectivity index (χ1) is 8.94. The van der Waals surface area contributed by atoms with Crippen LogP contribution in [0, 0.1) is 10.1 Å². The highest BCUT2D eigenvalue weighted by molar-refractivity contribution is 7.91. The fourth-order valence-corrected chi connectivity index (χ4v) is 3.15. The van der Waals surface area contributed by atoms with Gasteiger partial charge in [-0.3, -0.25) is 10.1 Å². The smallest absolute Gasteiger partial charge is 0.311 e. The van der Waals surface area contributed by atoms with Gasteiger partial charge in [0.05, 0.1) is 9.82 Å². The molecule has 0 heterocycles. The van der Waals surface area contributed by atoms with E-state index < -0.39 is 25.3 Å². The molecular formula is C12H10N2O4S. The minimum absolute atomic E-state index is 0.0105. The van der Waals surface area contributed by atoms with E-state index in [0.29, 0.717) is 0 Å². The summed E-state index contributed by atoms with van der Waals surface area (Å²) in [5.74, 6) is 0. The van der Waals surface area contributed by atoms with Crippen molar-refractivity contribution >= 4 is 21.2 Å². The van der Waals surface area contributed by atoms with Crippen LogP contribution in [0.15, 0.2) is 58.3 Å². The minimum Gasteiger partial charge on any atom is -0.393 e. The number of nitrogens with zero attached hydrogens (tertiary/aromatic N) is 1. The van der Waals surface area contributed by atoms with Gasteiger partial charge in [0.25, 0.3) is 0 Å². The van der Waals surface area contributed by atoms with Gasteiger partial charge in [-0.15, -0.1) is 0 Å². The molecule has 0 radical (unpaired) electrons. The highest BCUT2D eigenvalue weighted by Crippen LogP contribution is 2.33. The van der Waals surface area contributed by atoms with Crippen LogP contribution in [0.25, 0.3) is 0 Å². The van der Waals surface area contributed by atoms with Crippen molar-refractivity contribution in [1.29, 1.82) is 0 Å². The second-order valence-corrected chi connectivity index (χ2v) is 5.69. The van der Waals surface area contributed by atoms with Crippen molar-refractivity contribution in [3.8, 4) is 0 Å². The number of nitrogen functional groups attached to an aromatic ring is 1. The fraction of sp³-hybridized carbons (Fsp3) is 0. The third kappa shape index (κ3) is 2.27. The molecular weight excluding hydrogens is 268 g/mol. The number of nitrogens with two attached hydrogens (primary N) is 1. The Hall–Kier alpha value is -2.41. The average Bonchev–Trinajstić information content (AvgIpc) is 2.39. The number of rotatable bonds is 3. The maximum Gasteiger partial charge on any atom is 0.311 e. The molecule has 2 rings (SSSR count). The Morgan fingerprint density at radius 1 is 1.00 bits per heavy atom. The van der Waals surface area contributed by atoms with Crippen LogP contribution in [0.5, 0.6) is 0 Å². The van der Waals surface area contributed by atoms with Gasteiger partial charge in [0.2, 0.25) is 9.84 Å². The molecule has 0 aliphatic heterocycles. The topological polar surface area (TPSA) is 103 Å². The number of hydrogen-bond acceptors (Lipinski definition) is 5. The van der Waals surface area contributed by atoms with Crippen LogP contribution in [-0.4, -0.2) is 13.3 Å². The van der Waals surface area contributed by atoms with Crippen molar-refractivity contribution < 1.29 is 13.3 Å². The molecule has 19 heavy (non-hydrogen) atoms. The van der Waals surface area contributed by atoms with Crippen LogP contribution in [0.1, 0.15) is 0 Å². The number of nitro groups is 1. The second kappa shape index (κ2) is 4.69. The zero-order valence-corrected chi connectivity index (χ0v) is 10.5. The summed E-state index contributed by atoms with van der Waals surface area (Å²) in [6.07, 6.45) is 0. The molecule has 6 nitrogen and oxygen atoms in total. The predicted octanol–water partition coefficient (Wildman–Crippen LogP) is 2.01. The number of benzene rings is 2. The molecule has 0 aromatic heterocycles. The van der Waals surface area contributed by atoms with Crippen molar-refractivity contribution in [2.24, 2.45) is 0 Å². The summed E-state index contributed by atoms with van der Waals surface area (Å²) in [5.41, 5.74) is 4.72. The SMILES string of the molecule is Nc1cccc(S(=O)(=O)c2ccccc2)c1[N+](=O)[O-]. The van der Waals surface area contributed by atoms with E-state index in [-0.39, 0.29) is 10.6 Å². The second-order valence-electron chi connectivity index (χ2n) is 3.77. The lowest BCUT2D eigenvalue weighted by Crippen LogP contribution is -2.07. The normalized spacial score (nSPS) is 11.2. The number of nitro benzene ring substituents is 1. The Morgan fingerprint density at radius 3 is 2.21 bits per heavy atom. The molecule has 0 aliphatic carbocycles. The van der Waals surface area contributed by atoms with Crippen molar-refractivity contribution in [2.75, 3.05) is 5.73 Å². The van der Waals surface area contributed by atoms with E-state index in [1.54, 1.807) is 18.2 Å².